The lowest BCUT2D eigenvalue weighted by Crippen LogP contribution is -2.58. The molecule has 306 valence electrons. The van der Waals surface area contributed by atoms with Crippen LogP contribution in [0.1, 0.15) is 63.6 Å². The number of thiocarbonyl (C=S) groups is 1. The number of hydrogen-bond donors (Lipinski definition) is 3. The summed E-state index contributed by atoms with van der Waals surface area (Å²) in [6, 6.07) is 15.7. The van der Waals surface area contributed by atoms with Gasteiger partial charge in [0, 0.05) is 48.7 Å². The Hall–Kier alpha value is -5.44. The number of nitriles is 1. The summed E-state index contributed by atoms with van der Waals surface area (Å²) >= 11 is 5.59. The molecule has 17 heteroatoms. The van der Waals surface area contributed by atoms with Crippen molar-refractivity contribution in [3.63, 3.8) is 0 Å². The fourth-order valence-corrected chi connectivity index (χ4v) is 8.40. The fourth-order valence-electron chi connectivity index (χ4n) is 7.88. The lowest BCUT2D eigenvalue weighted by molar-refractivity contribution is -0.138. The van der Waals surface area contributed by atoms with Gasteiger partial charge >= 0.3 is 6.18 Å². The van der Waals surface area contributed by atoms with Crippen molar-refractivity contribution in [3.05, 3.63) is 83.2 Å². The Balaban J connectivity index is 1.01. The summed E-state index contributed by atoms with van der Waals surface area (Å²) in [7, 11) is 0. The number of rotatable bonds is 11. The lowest BCUT2D eigenvalue weighted by atomic mass is 10.0. The molecule has 6 rings (SSSR count). The maximum Gasteiger partial charge on any atom is 0.417 e. The van der Waals surface area contributed by atoms with Gasteiger partial charge in [-0.05, 0) is 120 Å². The van der Waals surface area contributed by atoms with Gasteiger partial charge in [0.2, 0.25) is 17.7 Å². The van der Waals surface area contributed by atoms with E-state index in [0.717, 1.165) is 17.0 Å². The zero-order valence-electron chi connectivity index (χ0n) is 32.5. The largest absolute Gasteiger partial charge is 0.417 e. The van der Waals surface area contributed by atoms with Crippen LogP contribution in [0.2, 0.25) is 0 Å². The molecule has 3 aliphatic rings. The lowest BCUT2D eigenvalue weighted by Gasteiger charge is -2.44. The van der Waals surface area contributed by atoms with Gasteiger partial charge in [-0.3, -0.25) is 34.3 Å². The minimum absolute atomic E-state index is 0.0605. The number of benzene rings is 3. The van der Waals surface area contributed by atoms with Gasteiger partial charge in [0.15, 0.2) is 5.11 Å². The molecule has 3 N–H and O–H groups in total. The highest BCUT2D eigenvalue weighted by atomic mass is 32.1. The molecule has 0 radical (unpaired) electrons. The van der Waals surface area contributed by atoms with E-state index in [4.69, 9.17) is 12.2 Å². The number of piperazine rings is 1. The van der Waals surface area contributed by atoms with E-state index in [9.17, 15) is 37.6 Å². The van der Waals surface area contributed by atoms with Crippen molar-refractivity contribution in [2.75, 3.05) is 46.6 Å². The first-order valence-electron chi connectivity index (χ1n) is 18.9. The summed E-state index contributed by atoms with van der Waals surface area (Å²) in [6.07, 6.45) is -3.11. The van der Waals surface area contributed by atoms with Crippen LogP contribution in [0, 0.1) is 17.1 Å². The molecule has 58 heavy (non-hydrogen) atoms. The van der Waals surface area contributed by atoms with Crippen LogP contribution in [0.3, 0.4) is 0 Å². The molecular weight excluding hydrogens is 777 g/mol. The van der Waals surface area contributed by atoms with Gasteiger partial charge in [0.1, 0.15) is 17.4 Å². The van der Waals surface area contributed by atoms with E-state index in [0.29, 0.717) is 55.8 Å². The monoisotopic (exact) mass is 820 g/mol. The molecule has 4 amide bonds. The molecule has 0 bridgehead atoms. The molecule has 0 aliphatic carbocycles. The Labute approximate surface area is 339 Å². The van der Waals surface area contributed by atoms with Crippen LogP contribution >= 0.6 is 12.2 Å². The summed E-state index contributed by atoms with van der Waals surface area (Å²) in [6.45, 7) is 9.53. The fraction of sp³-hybridized carbons (Fsp3) is 0.415. The van der Waals surface area contributed by atoms with Crippen molar-refractivity contribution in [2.45, 2.75) is 83.2 Å². The highest BCUT2D eigenvalue weighted by Gasteiger charge is 2.51. The summed E-state index contributed by atoms with van der Waals surface area (Å²) in [5, 5.41) is 17.5. The number of carbonyl (C=O) groups is 4. The normalized spacial score (nSPS) is 21.5. The molecule has 3 saturated heterocycles. The second-order valence-corrected chi connectivity index (χ2v) is 15.8. The molecule has 0 spiro atoms. The van der Waals surface area contributed by atoms with E-state index in [1.807, 2.05) is 0 Å². The zero-order chi connectivity index (χ0) is 42.1. The number of nitrogens with one attached hydrogen (secondary N) is 3. The Kier molecular flexibility index (Phi) is 12.2. The molecule has 0 aromatic heterocycles. The van der Waals surface area contributed by atoms with Crippen molar-refractivity contribution in [1.29, 1.82) is 5.26 Å². The van der Waals surface area contributed by atoms with Crippen molar-refractivity contribution >= 4 is 63.7 Å². The second kappa shape index (κ2) is 16.8. The van der Waals surface area contributed by atoms with Gasteiger partial charge in [0.25, 0.3) is 5.91 Å². The van der Waals surface area contributed by atoms with Crippen LogP contribution < -0.4 is 25.8 Å². The van der Waals surface area contributed by atoms with E-state index >= 15 is 4.39 Å². The minimum atomic E-state index is -4.83. The van der Waals surface area contributed by atoms with Crippen molar-refractivity contribution in [3.8, 4) is 6.07 Å². The molecule has 3 heterocycles. The molecule has 3 fully saturated rings. The second-order valence-electron chi connectivity index (χ2n) is 15.4. The Morgan fingerprint density at radius 2 is 1.69 bits per heavy atom. The average Bonchev–Trinajstić information content (AvgIpc) is 3.33. The molecule has 1 unspecified atom stereocenters. The molecule has 0 saturated carbocycles. The predicted molar refractivity (Wildman–Crippen MR) is 214 cm³/mol. The number of amides is 4. The maximum atomic E-state index is 15.6. The van der Waals surface area contributed by atoms with Gasteiger partial charge in [-0.25, -0.2) is 4.39 Å². The third kappa shape index (κ3) is 8.99. The van der Waals surface area contributed by atoms with Crippen molar-refractivity contribution < 1.29 is 36.7 Å². The summed E-state index contributed by atoms with van der Waals surface area (Å²) in [5.74, 6) is -1.95. The number of piperidine rings is 1. The molecule has 3 aromatic rings. The zero-order valence-corrected chi connectivity index (χ0v) is 33.3. The molecule has 3 atom stereocenters. The van der Waals surface area contributed by atoms with Crippen LogP contribution in [0.4, 0.5) is 40.3 Å². The Morgan fingerprint density at radius 1 is 1.00 bits per heavy atom. The first-order chi connectivity index (χ1) is 27.4. The van der Waals surface area contributed by atoms with Crippen LogP contribution in [-0.2, 0) is 31.8 Å². The number of carbonyl (C=O) groups excluding carboxylic acids is 4. The topological polar surface area (TPSA) is 141 Å². The highest BCUT2D eigenvalue weighted by molar-refractivity contribution is 7.81. The first-order valence-corrected chi connectivity index (χ1v) is 19.3. The van der Waals surface area contributed by atoms with Crippen LogP contribution in [0.15, 0.2) is 60.7 Å². The van der Waals surface area contributed by atoms with E-state index in [-0.39, 0.29) is 59.3 Å². The van der Waals surface area contributed by atoms with E-state index < -0.39 is 40.6 Å². The number of alkyl halides is 3. The smallest absolute Gasteiger partial charge is 0.374 e. The SMILES string of the molecule is C[C@@H]1CN(CCCc2ccc(N3C(=S)N(c4ccc(C#N)c(C(F)(F)F)c4)C(=O)C3(C)C)cc2F)C[C@H](C)N1CC(=O)Nc1cccc(NC2CCC(=O)NC2=O)c1. The van der Waals surface area contributed by atoms with Gasteiger partial charge in [-0.1, -0.05) is 12.1 Å². The summed E-state index contributed by atoms with van der Waals surface area (Å²) < 4.78 is 56.8. The number of imide groups is 1. The van der Waals surface area contributed by atoms with Crippen molar-refractivity contribution in [1.82, 2.24) is 15.1 Å². The standard InChI is InChI=1S/C41H44F4N8O4S/c1-24-21-50(22-25(2)51(24)23-36(55)48-29-9-5-8-28(17-29)47-34-14-15-35(54)49-37(34)56)16-6-7-26-10-13-31(19-33(26)42)53-39(58)52(38(57)40(53,3)4)30-12-11-27(20-46)32(18-30)41(43,44)45/h5,8-13,17-19,24-25,34,47H,6-7,14-16,21-23H2,1-4H3,(H,48,55)(H,49,54,56)/t24-,25+,34?. The molecular formula is C41H44F4N8O4S. The van der Waals surface area contributed by atoms with E-state index in [2.05, 4.69) is 39.6 Å². The predicted octanol–water partition coefficient (Wildman–Crippen LogP) is 5.82. The third-order valence-electron chi connectivity index (χ3n) is 10.8. The number of halogens is 4. The van der Waals surface area contributed by atoms with Gasteiger partial charge < -0.3 is 20.4 Å². The van der Waals surface area contributed by atoms with Crippen molar-refractivity contribution in [2.24, 2.45) is 0 Å². The summed E-state index contributed by atoms with van der Waals surface area (Å²) in [5.41, 5.74) is -1.31. The molecule has 12 nitrogen and oxygen atoms in total. The number of aryl methyl sites for hydroxylation is 1. The first kappa shape index (κ1) is 42.2. The average molecular weight is 821 g/mol. The van der Waals surface area contributed by atoms with Crippen LogP contribution in [0.25, 0.3) is 0 Å². The van der Waals surface area contributed by atoms with Gasteiger partial charge in [-0.2, -0.15) is 18.4 Å². The Bertz CT molecular complexity index is 2160. The van der Waals surface area contributed by atoms with Crippen LogP contribution in [-0.4, -0.2) is 88.4 Å². The minimum Gasteiger partial charge on any atom is -0.374 e. The quantitative estimate of drug-likeness (QED) is 0.123. The van der Waals surface area contributed by atoms with E-state index in [1.165, 1.54) is 23.1 Å². The maximum absolute atomic E-state index is 15.6. The molecule has 3 aliphatic heterocycles. The molecule has 3 aromatic carbocycles. The highest BCUT2D eigenvalue weighted by Crippen LogP contribution is 2.40. The third-order valence-corrected chi connectivity index (χ3v) is 11.2. The summed E-state index contributed by atoms with van der Waals surface area (Å²) in [4.78, 5) is 57.2. The van der Waals surface area contributed by atoms with Gasteiger partial charge in [-0.15, -0.1) is 0 Å². The van der Waals surface area contributed by atoms with E-state index in [1.54, 1.807) is 50.2 Å². The van der Waals surface area contributed by atoms with Gasteiger partial charge in [0.05, 0.1) is 29.4 Å². The Morgan fingerprint density at radius 3 is 2.34 bits per heavy atom. The number of nitrogens with zero attached hydrogens (tertiary/aromatic N) is 5. The number of hydrogen-bond acceptors (Lipinski definition) is 9. The number of anilines is 4. The van der Waals surface area contributed by atoms with Crippen LogP contribution in [0.5, 0.6) is 0 Å².